The number of rotatable bonds is 6. The van der Waals surface area contributed by atoms with Crippen LogP contribution in [0.5, 0.6) is 17.2 Å². The Morgan fingerprint density at radius 3 is 2.38 bits per heavy atom. The van der Waals surface area contributed by atoms with Crippen molar-refractivity contribution in [2.24, 2.45) is 5.10 Å². The fourth-order valence-corrected chi connectivity index (χ4v) is 2.10. The molecule has 24 heavy (non-hydrogen) atoms. The minimum atomic E-state index is -0.0508. The van der Waals surface area contributed by atoms with Crippen LogP contribution in [0.15, 0.2) is 47.6 Å². The summed E-state index contributed by atoms with van der Waals surface area (Å²) in [5.41, 5.74) is 4.55. The maximum absolute atomic E-state index is 9.86. The molecule has 0 aliphatic heterocycles. The van der Waals surface area contributed by atoms with E-state index in [2.05, 4.69) is 15.8 Å². The van der Waals surface area contributed by atoms with Crippen LogP contribution in [0.25, 0.3) is 0 Å². The van der Waals surface area contributed by atoms with Crippen LogP contribution in [-0.2, 0) is 6.54 Å². The van der Waals surface area contributed by atoms with E-state index in [0.29, 0.717) is 28.7 Å². The number of methoxy groups -OCH3 is 2. The average Bonchev–Trinajstić information content (AvgIpc) is 2.62. The summed E-state index contributed by atoms with van der Waals surface area (Å²) < 4.78 is 10.2. The highest BCUT2D eigenvalue weighted by atomic mass is 32.1. The summed E-state index contributed by atoms with van der Waals surface area (Å²) >= 11 is 5.16. The van der Waals surface area contributed by atoms with Crippen LogP contribution in [0.3, 0.4) is 0 Å². The summed E-state index contributed by atoms with van der Waals surface area (Å²) in [6.45, 7) is 0.614. The molecule has 2 aromatic rings. The van der Waals surface area contributed by atoms with Gasteiger partial charge in [-0.1, -0.05) is 30.3 Å². The number of phenolic OH excluding ortho intramolecular Hbond substituents is 1. The van der Waals surface area contributed by atoms with E-state index in [0.717, 1.165) is 5.56 Å². The first-order chi connectivity index (χ1) is 11.6. The van der Waals surface area contributed by atoms with Gasteiger partial charge >= 0.3 is 0 Å². The summed E-state index contributed by atoms with van der Waals surface area (Å²) in [5.74, 6) is 0.561. The maximum atomic E-state index is 9.86. The minimum Gasteiger partial charge on any atom is -0.502 e. The first kappa shape index (κ1) is 17.6. The van der Waals surface area contributed by atoms with Gasteiger partial charge in [-0.25, -0.2) is 0 Å². The van der Waals surface area contributed by atoms with Crippen LogP contribution in [0.2, 0.25) is 0 Å². The number of aromatic hydroxyl groups is 1. The largest absolute Gasteiger partial charge is 0.502 e. The molecule has 0 atom stereocenters. The number of hydrogen-bond acceptors (Lipinski definition) is 5. The van der Waals surface area contributed by atoms with Gasteiger partial charge in [0, 0.05) is 12.1 Å². The third-order valence-electron chi connectivity index (χ3n) is 3.18. The topological polar surface area (TPSA) is 75.1 Å². The molecular formula is C17H19N3O3S. The van der Waals surface area contributed by atoms with Crippen LogP contribution in [0.4, 0.5) is 0 Å². The van der Waals surface area contributed by atoms with Gasteiger partial charge in [0.15, 0.2) is 16.6 Å². The van der Waals surface area contributed by atoms with Gasteiger partial charge in [-0.3, -0.25) is 5.43 Å². The van der Waals surface area contributed by atoms with Crippen LogP contribution < -0.4 is 20.2 Å². The Hall–Kier alpha value is -2.80. The Kier molecular flexibility index (Phi) is 6.39. The lowest BCUT2D eigenvalue weighted by Gasteiger charge is -2.09. The number of nitrogens with zero attached hydrogens (tertiary/aromatic N) is 1. The van der Waals surface area contributed by atoms with Crippen molar-refractivity contribution in [1.29, 1.82) is 0 Å². The van der Waals surface area contributed by atoms with E-state index in [9.17, 15) is 5.11 Å². The molecular weight excluding hydrogens is 326 g/mol. The standard InChI is InChI=1S/C17H19N3O3S/c1-22-14-8-13(9-15(23-2)16(14)21)11-19-20-17(24)18-10-12-6-4-3-5-7-12/h3-9,11,21H,10H2,1-2H3,(H2,18,20,24)/b19-11-. The van der Waals surface area contributed by atoms with Crippen molar-refractivity contribution in [3.8, 4) is 17.2 Å². The molecule has 0 unspecified atom stereocenters. The summed E-state index contributed by atoms with van der Waals surface area (Å²) in [7, 11) is 2.94. The summed E-state index contributed by atoms with van der Waals surface area (Å²) in [4.78, 5) is 0. The highest BCUT2D eigenvalue weighted by Gasteiger charge is 2.10. The molecule has 0 saturated carbocycles. The molecule has 2 rings (SSSR count). The van der Waals surface area contributed by atoms with Crippen molar-refractivity contribution < 1.29 is 14.6 Å². The Morgan fingerprint density at radius 2 is 1.79 bits per heavy atom. The third kappa shape index (κ3) is 4.85. The van der Waals surface area contributed by atoms with E-state index in [4.69, 9.17) is 21.7 Å². The van der Waals surface area contributed by atoms with E-state index in [1.165, 1.54) is 14.2 Å². The van der Waals surface area contributed by atoms with Gasteiger partial charge in [-0.05, 0) is 29.9 Å². The van der Waals surface area contributed by atoms with Crippen LogP contribution in [0.1, 0.15) is 11.1 Å². The normalized spacial score (nSPS) is 10.4. The second-order valence-corrected chi connectivity index (χ2v) is 5.22. The smallest absolute Gasteiger partial charge is 0.200 e. The molecule has 2 aromatic carbocycles. The minimum absolute atomic E-state index is 0.0508. The van der Waals surface area contributed by atoms with Gasteiger partial charge in [0.25, 0.3) is 0 Å². The highest BCUT2D eigenvalue weighted by Crippen LogP contribution is 2.36. The molecule has 0 amide bonds. The number of thiocarbonyl (C=S) groups is 1. The Morgan fingerprint density at radius 1 is 1.17 bits per heavy atom. The molecule has 0 bridgehead atoms. The van der Waals surface area contributed by atoms with Gasteiger partial charge < -0.3 is 19.9 Å². The van der Waals surface area contributed by atoms with Gasteiger partial charge in [0.05, 0.1) is 20.4 Å². The average molecular weight is 345 g/mol. The SMILES string of the molecule is COc1cc(/C=N\NC(=S)NCc2ccccc2)cc(OC)c1O. The summed E-state index contributed by atoms with van der Waals surface area (Å²) in [5, 5.41) is 17.4. The quantitative estimate of drug-likeness (QED) is 0.424. The highest BCUT2D eigenvalue weighted by molar-refractivity contribution is 7.80. The molecule has 0 aromatic heterocycles. The van der Waals surface area contributed by atoms with Crippen molar-refractivity contribution in [2.45, 2.75) is 6.54 Å². The number of ether oxygens (including phenoxy) is 2. The molecule has 0 saturated heterocycles. The Balaban J connectivity index is 1.92. The van der Waals surface area contributed by atoms with Gasteiger partial charge in [-0.15, -0.1) is 0 Å². The van der Waals surface area contributed by atoms with Gasteiger partial charge in [0.2, 0.25) is 5.75 Å². The van der Waals surface area contributed by atoms with E-state index >= 15 is 0 Å². The molecule has 0 aliphatic carbocycles. The van der Waals surface area contributed by atoms with Crippen LogP contribution in [-0.4, -0.2) is 30.7 Å². The molecule has 3 N–H and O–H groups in total. The Labute approximate surface area is 146 Å². The first-order valence-electron chi connectivity index (χ1n) is 7.20. The van der Waals surface area contributed by atoms with Crippen molar-refractivity contribution >= 4 is 23.5 Å². The third-order valence-corrected chi connectivity index (χ3v) is 3.41. The molecule has 0 spiro atoms. The fraction of sp³-hybridized carbons (Fsp3) is 0.176. The van der Waals surface area contributed by atoms with Crippen LogP contribution in [0, 0.1) is 0 Å². The fourth-order valence-electron chi connectivity index (χ4n) is 1.97. The number of hydrogen-bond donors (Lipinski definition) is 3. The number of benzene rings is 2. The second kappa shape index (κ2) is 8.73. The molecule has 126 valence electrons. The maximum Gasteiger partial charge on any atom is 0.200 e. The summed E-state index contributed by atoms with van der Waals surface area (Å²) in [6.07, 6.45) is 1.56. The van der Waals surface area contributed by atoms with Gasteiger partial charge in [0.1, 0.15) is 0 Å². The van der Waals surface area contributed by atoms with Crippen molar-refractivity contribution in [1.82, 2.24) is 10.7 Å². The second-order valence-electron chi connectivity index (χ2n) is 4.81. The zero-order valence-electron chi connectivity index (χ0n) is 13.4. The van der Waals surface area contributed by atoms with Crippen molar-refractivity contribution in [2.75, 3.05) is 14.2 Å². The van der Waals surface area contributed by atoms with Crippen LogP contribution >= 0.6 is 12.2 Å². The molecule has 0 fully saturated rings. The molecule has 0 radical (unpaired) electrons. The van der Waals surface area contributed by atoms with Crippen molar-refractivity contribution in [3.63, 3.8) is 0 Å². The lowest BCUT2D eigenvalue weighted by Crippen LogP contribution is -2.31. The lowest BCUT2D eigenvalue weighted by molar-refractivity contribution is 0.340. The van der Waals surface area contributed by atoms with E-state index in [1.54, 1.807) is 18.3 Å². The predicted molar refractivity (Wildman–Crippen MR) is 97.8 cm³/mol. The number of phenols is 1. The number of nitrogens with one attached hydrogen (secondary N) is 2. The zero-order chi connectivity index (χ0) is 17.4. The van der Waals surface area contributed by atoms with E-state index in [-0.39, 0.29) is 5.75 Å². The van der Waals surface area contributed by atoms with E-state index in [1.807, 2.05) is 30.3 Å². The van der Waals surface area contributed by atoms with E-state index < -0.39 is 0 Å². The summed E-state index contributed by atoms with van der Waals surface area (Å²) in [6, 6.07) is 13.2. The monoisotopic (exact) mass is 345 g/mol. The lowest BCUT2D eigenvalue weighted by atomic mass is 10.2. The molecule has 0 heterocycles. The predicted octanol–water partition coefficient (Wildman–Crippen LogP) is 2.41. The Bertz CT molecular complexity index is 695. The first-order valence-corrected chi connectivity index (χ1v) is 7.60. The molecule has 0 aliphatic rings. The molecule has 7 heteroatoms. The van der Waals surface area contributed by atoms with Gasteiger partial charge in [-0.2, -0.15) is 5.10 Å². The molecule has 6 nitrogen and oxygen atoms in total. The number of hydrazone groups is 1. The van der Waals surface area contributed by atoms with Crippen molar-refractivity contribution in [3.05, 3.63) is 53.6 Å². The zero-order valence-corrected chi connectivity index (χ0v) is 14.3.